The number of aliphatic hydroxyl groups excluding tert-OH is 2. The van der Waals surface area contributed by atoms with Crippen molar-refractivity contribution in [3.8, 4) is 11.5 Å². The van der Waals surface area contributed by atoms with Gasteiger partial charge in [0.15, 0.2) is 0 Å². The minimum atomic E-state index is 0. The molecule has 0 aromatic heterocycles. The van der Waals surface area contributed by atoms with Gasteiger partial charge in [0.25, 0.3) is 0 Å². The molecule has 2 rings (SSSR count). The van der Waals surface area contributed by atoms with E-state index in [1.54, 1.807) is 0 Å². The van der Waals surface area contributed by atoms with E-state index in [1.807, 2.05) is 48.5 Å². The van der Waals surface area contributed by atoms with Crippen molar-refractivity contribution in [2.45, 2.75) is 51.4 Å². The van der Waals surface area contributed by atoms with Gasteiger partial charge in [-0.2, -0.15) is 9.81 Å². The predicted octanol–water partition coefficient (Wildman–Crippen LogP) is 5.47. The molecule has 184 valence electrons. The van der Waals surface area contributed by atoms with Crippen molar-refractivity contribution >= 4 is 35.1 Å². The summed E-state index contributed by atoms with van der Waals surface area (Å²) in [5, 5.41) is 17.6. The van der Waals surface area contributed by atoms with Crippen LogP contribution in [0, 0.1) is 0 Å². The van der Waals surface area contributed by atoms with Gasteiger partial charge in [0.05, 0.1) is 13.2 Å². The largest absolute Gasteiger partial charge is 2.00 e. The van der Waals surface area contributed by atoms with E-state index in [2.05, 4.69) is 0 Å². The van der Waals surface area contributed by atoms with Crippen molar-refractivity contribution in [1.29, 1.82) is 0 Å². The summed E-state index contributed by atoms with van der Waals surface area (Å²) >= 11 is 11.2. The number of benzene rings is 2. The van der Waals surface area contributed by atoms with Crippen LogP contribution in [-0.4, -0.2) is 36.6 Å². The van der Waals surface area contributed by atoms with Crippen LogP contribution in [0.15, 0.2) is 48.5 Å². The van der Waals surface area contributed by atoms with E-state index in [0.29, 0.717) is 23.0 Å². The third kappa shape index (κ3) is 11.7. The molecule has 0 aliphatic carbocycles. The maximum Gasteiger partial charge on any atom is 2.00 e. The summed E-state index contributed by atoms with van der Waals surface area (Å²) in [4.78, 5) is 1.29. The first-order chi connectivity index (χ1) is 15.7. The van der Waals surface area contributed by atoms with Gasteiger partial charge in [-0.05, 0) is 73.9 Å². The smallest absolute Gasteiger partial charge is 0.781 e. The van der Waals surface area contributed by atoms with Crippen molar-refractivity contribution < 1.29 is 40.8 Å². The molecule has 0 spiro atoms. The number of hydrogen-bond donors (Lipinski definition) is 2. The standard InChI is InChI=1S/C26H36O4S2.Pt/c27-17-5-1-3-7-19-29-23-13-9-21(10-14-23)25(31)26(32)22-11-15-24(16-12-22)30-20-8-4-2-6-18-28;/h9-16,27-28,31-32H,1-8,17-20H2;/q;+2/p-2/b26-25-;. The Morgan fingerprint density at radius 3 is 1.21 bits per heavy atom. The summed E-state index contributed by atoms with van der Waals surface area (Å²) in [7, 11) is 0. The molecule has 0 heterocycles. The number of unbranched alkanes of at least 4 members (excludes halogenated alkanes) is 6. The van der Waals surface area contributed by atoms with Gasteiger partial charge in [-0.15, -0.1) is 0 Å². The average Bonchev–Trinajstić information content (AvgIpc) is 2.83. The summed E-state index contributed by atoms with van der Waals surface area (Å²) < 4.78 is 11.6. The second-order valence-electron chi connectivity index (χ2n) is 7.68. The van der Waals surface area contributed by atoms with Crippen LogP contribution in [0.3, 0.4) is 0 Å². The first-order valence-corrected chi connectivity index (χ1v) is 12.2. The Morgan fingerprint density at radius 2 is 0.879 bits per heavy atom. The van der Waals surface area contributed by atoms with Crippen LogP contribution in [-0.2, 0) is 46.3 Å². The van der Waals surface area contributed by atoms with E-state index in [0.717, 1.165) is 74.0 Å². The first kappa shape index (κ1) is 29.9. The van der Waals surface area contributed by atoms with Crippen LogP contribution >= 0.6 is 0 Å². The molecule has 0 atom stereocenters. The molecule has 0 unspecified atom stereocenters. The Labute approximate surface area is 223 Å². The normalized spacial score (nSPS) is 11.5. The molecule has 0 radical (unpaired) electrons. The summed E-state index contributed by atoms with van der Waals surface area (Å²) in [6.07, 6.45) is 7.85. The second kappa shape index (κ2) is 18.2. The minimum Gasteiger partial charge on any atom is -0.781 e. The maximum atomic E-state index is 8.79. The summed E-state index contributed by atoms with van der Waals surface area (Å²) in [5.41, 5.74) is 1.81. The molecule has 0 saturated carbocycles. The van der Waals surface area contributed by atoms with Gasteiger partial charge >= 0.3 is 21.1 Å². The summed E-state index contributed by atoms with van der Waals surface area (Å²) in [6, 6.07) is 15.5. The molecule has 0 fully saturated rings. The van der Waals surface area contributed by atoms with E-state index < -0.39 is 0 Å². The second-order valence-corrected chi connectivity index (χ2v) is 8.50. The molecule has 0 bridgehead atoms. The Balaban J connectivity index is 0.00000544. The Morgan fingerprint density at radius 1 is 0.545 bits per heavy atom. The van der Waals surface area contributed by atoms with E-state index >= 15 is 0 Å². The average molecular weight is 670 g/mol. The third-order valence-electron chi connectivity index (χ3n) is 5.08. The zero-order valence-corrected chi connectivity index (χ0v) is 22.9. The van der Waals surface area contributed by atoms with E-state index in [9.17, 15) is 0 Å². The summed E-state index contributed by atoms with van der Waals surface area (Å²) in [5.74, 6) is 1.64. The van der Waals surface area contributed by atoms with Gasteiger partial charge in [-0.1, -0.05) is 37.1 Å². The fraction of sp³-hybridized carbons (Fsp3) is 0.462. The molecule has 2 N–H and O–H groups in total. The molecule has 0 saturated heterocycles. The van der Waals surface area contributed by atoms with E-state index in [4.69, 9.17) is 44.9 Å². The molecular weight excluding hydrogens is 635 g/mol. The third-order valence-corrected chi connectivity index (χ3v) is 6.09. The Bertz CT molecular complexity index is 727. The van der Waals surface area contributed by atoms with Gasteiger partial charge in [-0.25, -0.2) is 0 Å². The summed E-state index contributed by atoms with van der Waals surface area (Å²) in [6.45, 7) is 1.86. The van der Waals surface area contributed by atoms with Crippen LogP contribution in [0.4, 0.5) is 0 Å². The van der Waals surface area contributed by atoms with Crippen LogP contribution < -0.4 is 9.47 Å². The van der Waals surface area contributed by atoms with Crippen molar-refractivity contribution in [3.05, 3.63) is 59.7 Å². The molecule has 0 aliphatic heterocycles. The van der Waals surface area contributed by atoms with Crippen molar-refractivity contribution in [2.24, 2.45) is 0 Å². The molecule has 7 heteroatoms. The topological polar surface area (TPSA) is 58.9 Å². The van der Waals surface area contributed by atoms with Gasteiger partial charge in [-0.3, -0.25) is 0 Å². The molecular formula is C26H34O4PtS2. The number of ether oxygens (including phenoxy) is 2. The van der Waals surface area contributed by atoms with Gasteiger partial charge in [0, 0.05) is 13.2 Å². The van der Waals surface area contributed by atoms with Crippen LogP contribution in [0.2, 0.25) is 0 Å². The minimum absolute atomic E-state index is 0. The van der Waals surface area contributed by atoms with Crippen molar-refractivity contribution in [1.82, 2.24) is 0 Å². The van der Waals surface area contributed by atoms with E-state index in [-0.39, 0.29) is 34.3 Å². The zero-order valence-electron chi connectivity index (χ0n) is 18.9. The number of rotatable bonds is 16. The van der Waals surface area contributed by atoms with E-state index in [1.165, 1.54) is 0 Å². The maximum absolute atomic E-state index is 8.79. The first-order valence-electron chi connectivity index (χ1n) is 11.4. The van der Waals surface area contributed by atoms with Crippen LogP contribution in [0.1, 0.15) is 62.5 Å². The fourth-order valence-corrected chi connectivity index (χ4v) is 3.69. The van der Waals surface area contributed by atoms with Crippen molar-refractivity contribution in [2.75, 3.05) is 26.4 Å². The molecule has 0 amide bonds. The Kier molecular flexibility index (Phi) is 16.5. The molecule has 0 aliphatic rings. The SMILES string of the molecule is OCCCCCCOc1ccc(/C([S-])=C(/[S-])c2ccc(OCCCCCCO)cc2)cc1.[Pt+2]. The van der Waals surface area contributed by atoms with Gasteiger partial charge < -0.3 is 44.9 Å². The predicted molar refractivity (Wildman–Crippen MR) is 137 cm³/mol. The Hall–Kier alpha value is -1.17. The fourth-order valence-electron chi connectivity index (χ4n) is 3.18. The molecule has 33 heavy (non-hydrogen) atoms. The number of hydrogen-bond acceptors (Lipinski definition) is 6. The van der Waals surface area contributed by atoms with Crippen LogP contribution in [0.5, 0.6) is 11.5 Å². The zero-order chi connectivity index (χ0) is 23.0. The van der Waals surface area contributed by atoms with Crippen LogP contribution in [0.25, 0.3) is 9.81 Å². The van der Waals surface area contributed by atoms with Crippen molar-refractivity contribution in [3.63, 3.8) is 0 Å². The van der Waals surface area contributed by atoms with Gasteiger partial charge in [0.2, 0.25) is 0 Å². The molecule has 2 aromatic rings. The number of aliphatic hydroxyl groups is 2. The van der Waals surface area contributed by atoms with Gasteiger partial charge in [0.1, 0.15) is 11.5 Å². The quantitative estimate of drug-likeness (QED) is 0.141. The molecule has 2 aromatic carbocycles. The monoisotopic (exact) mass is 669 g/mol. The molecule has 4 nitrogen and oxygen atoms in total.